The van der Waals surface area contributed by atoms with Gasteiger partial charge in [-0.25, -0.2) is 0 Å². The molecule has 1 atom stereocenters. The SMILES string of the molecule is CCC(N)CC(=O)Nc1ccc(C)cc1OCCOC. The lowest BCUT2D eigenvalue weighted by molar-refractivity contribution is -0.116. The summed E-state index contributed by atoms with van der Waals surface area (Å²) in [5.74, 6) is 0.556. The van der Waals surface area contributed by atoms with E-state index in [2.05, 4.69) is 5.32 Å². The number of nitrogens with one attached hydrogen (secondary N) is 1. The lowest BCUT2D eigenvalue weighted by atomic mass is 10.1. The molecular weight excluding hydrogens is 256 g/mol. The predicted molar refractivity (Wildman–Crippen MR) is 80.1 cm³/mol. The van der Waals surface area contributed by atoms with Crippen molar-refractivity contribution in [3.05, 3.63) is 23.8 Å². The molecule has 0 aromatic heterocycles. The van der Waals surface area contributed by atoms with Gasteiger partial charge in [0.15, 0.2) is 0 Å². The van der Waals surface area contributed by atoms with Crippen molar-refractivity contribution in [3.63, 3.8) is 0 Å². The van der Waals surface area contributed by atoms with Crippen LogP contribution in [0.25, 0.3) is 0 Å². The van der Waals surface area contributed by atoms with Crippen LogP contribution in [-0.4, -0.2) is 32.3 Å². The van der Waals surface area contributed by atoms with Crippen LogP contribution < -0.4 is 15.8 Å². The van der Waals surface area contributed by atoms with Gasteiger partial charge in [0.05, 0.1) is 12.3 Å². The van der Waals surface area contributed by atoms with Crippen molar-refractivity contribution in [1.29, 1.82) is 0 Å². The lowest BCUT2D eigenvalue weighted by Crippen LogP contribution is -2.26. The molecule has 1 amide bonds. The number of aryl methyl sites for hydroxylation is 1. The van der Waals surface area contributed by atoms with E-state index in [1.165, 1.54) is 0 Å². The Balaban J connectivity index is 2.70. The second-order valence-corrected chi connectivity index (χ2v) is 4.76. The summed E-state index contributed by atoms with van der Waals surface area (Å²) in [7, 11) is 1.62. The number of carbonyl (C=O) groups excluding carboxylic acids is 1. The van der Waals surface area contributed by atoms with Crippen LogP contribution in [0.3, 0.4) is 0 Å². The van der Waals surface area contributed by atoms with Crippen molar-refractivity contribution in [1.82, 2.24) is 0 Å². The molecule has 3 N–H and O–H groups in total. The first-order chi connectivity index (χ1) is 9.56. The van der Waals surface area contributed by atoms with Crippen LogP contribution in [0.1, 0.15) is 25.3 Å². The maximum Gasteiger partial charge on any atom is 0.226 e. The maximum absolute atomic E-state index is 11.9. The van der Waals surface area contributed by atoms with E-state index < -0.39 is 0 Å². The molecule has 0 heterocycles. The smallest absolute Gasteiger partial charge is 0.226 e. The van der Waals surface area contributed by atoms with Crippen LogP contribution in [0.4, 0.5) is 5.69 Å². The minimum absolute atomic E-state index is 0.0974. The Morgan fingerprint density at radius 2 is 2.15 bits per heavy atom. The van der Waals surface area contributed by atoms with E-state index >= 15 is 0 Å². The minimum atomic E-state index is -0.113. The Morgan fingerprint density at radius 3 is 2.80 bits per heavy atom. The highest BCUT2D eigenvalue weighted by molar-refractivity contribution is 5.92. The predicted octanol–water partition coefficient (Wildman–Crippen LogP) is 2.09. The lowest BCUT2D eigenvalue weighted by Gasteiger charge is -2.14. The molecule has 0 saturated carbocycles. The first-order valence-corrected chi connectivity index (χ1v) is 6.84. The van der Waals surface area contributed by atoms with Gasteiger partial charge in [0.1, 0.15) is 12.4 Å². The summed E-state index contributed by atoms with van der Waals surface area (Å²) in [5.41, 5.74) is 7.52. The zero-order valence-electron chi connectivity index (χ0n) is 12.4. The van der Waals surface area contributed by atoms with Crippen molar-refractivity contribution in [3.8, 4) is 5.75 Å². The molecule has 5 heteroatoms. The van der Waals surface area contributed by atoms with E-state index in [0.717, 1.165) is 12.0 Å². The third-order valence-corrected chi connectivity index (χ3v) is 2.93. The van der Waals surface area contributed by atoms with Gasteiger partial charge < -0.3 is 20.5 Å². The number of ether oxygens (including phenoxy) is 2. The number of hydrogen-bond acceptors (Lipinski definition) is 4. The van der Waals surface area contributed by atoms with Gasteiger partial charge in [0.2, 0.25) is 5.91 Å². The van der Waals surface area contributed by atoms with Gasteiger partial charge in [-0.15, -0.1) is 0 Å². The van der Waals surface area contributed by atoms with E-state index in [4.69, 9.17) is 15.2 Å². The fraction of sp³-hybridized carbons (Fsp3) is 0.533. The van der Waals surface area contributed by atoms with Crippen molar-refractivity contribution in [2.75, 3.05) is 25.6 Å². The molecule has 0 aliphatic heterocycles. The van der Waals surface area contributed by atoms with E-state index in [1.807, 2.05) is 32.0 Å². The van der Waals surface area contributed by atoms with Crippen molar-refractivity contribution >= 4 is 11.6 Å². The van der Waals surface area contributed by atoms with Gasteiger partial charge in [-0.1, -0.05) is 13.0 Å². The van der Waals surface area contributed by atoms with Crippen LogP contribution in [-0.2, 0) is 9.53 Å². The maximum atomic E-state index is 11.9. The molecule has 0 aliphatic rings. The third-order valence-electron chi connectivity index (χ3n) is 2.93. The number of anilines is 1. The molecule has 1 aromatic rings. The normalized spacial score (nSPS) is 12.0. The highest BCUT2D eigenvalue weighted by Gasteiger charge is 2.11. The zero-order chi connectivity index (χ0) is 15.0. The molecule has 0 fully saturated rings. The molecular formula is C15H24N2O3. The van der Waals surface area contributed by atoms with Gasteiger partial charge in [-0.2, -0.15) is 0 Å². The molecule has 112 valence electrons. The molecule has 20 heavy (non-hydrogen) atoms. The molecule has 1 aromatic carbocycles. The summed E-state index contributed by atoms with van der Waals surface area (Å²) in [5, 5.41) is 2.85. The minimum Gasteiger partial charge on any atom is -0.489 e. The second kappa shape index (κ2) is 8.55. The molecule has 0 aliphatic carbocycles. The van der Waals surface area contributed by atoms with Crippen LogP contribution in [0.5, 0.6) is 5.75 Å². The van der Waals surface area contributed by atoms with Crippen LogP contribution in [0.15, 0.2) is 18.2 Å². The van der Waals surface area contributed by atoms with Gasteiger partial charge >= 0.3 is 0 Å². The van der Waals surface area contributed by atoms with Crippen LogP contribution in [0.2, 0.25) is 0 Å². The van der Waals surface area contributed by atoms with E-state index in [-0.39, 0.29) is 11.9 Å². The van der Waals surface area contributed by atoms with Gasteiger partial charge in [-0.3, -0.25) is 4.79 Å². The van der Waals surface area contributed by atoms with Gasteiger partial charge in [-0.05, 0) is 31.0 Å². The van der Waals surface area contributed by atoms with E-state index in [0.29, 0.717) is 31.1 Å². The zero-order valence-corrected chi connectivity index (χ0v) is 12.4. The van der Waals surface area contributed by atoms with Crippen LogP contribution >= 0.6 is 0 Å². The second-order valence-electron chi connectivity index (χ2n) is 4.76. The van der Waals surface area contributed by atoms with E-state index in [9.17, 15) is 4.79 Å². The Bertz CT molecular complexity index is 435. The first kappa shape index (κ1) is 16.5. The Morgan fingerprint density at radius 1 is 1.40 bits per heavy atom. The third kappa shape index (κ3) is 5.59. The number of rotatable bonds is 8. The molecule has 0 spiro atoms. The van der Waals surface area contributed by atoms with Crippen molar-refractivity contribution in [2.45, 2.75) is 32.7 Å². The molecule has 1 unspecified atom stereocenters. The van der Waals surface area contributed by atoms with E-state index in [1.54, 1.807) is 7.11 Å². The number of benzene rings is 1. The quantitative estimate of drug-likeness (QED) is 0.715. The average molecular weight is 280 g/mol. The molecule has 0 radical (unpaired) electrons. The molecule has 0 saturated heterocycles. The molecule has 5 nitrogen and oxygen atoms in total. The summed E-state index contributed by atoms with van der Waals surface area (Å²) >= 11 is 0. The number of hydrogen-bond donors (Lipinski definition) is 2. The average Bonchev–Trinajstić information content (AvgIpc) is 2.41. The van der Waals surface area contributed by atoms with Crippen molar-refractivity contribution < 1.29 is 14.3 Å². The topological polar surface area (TPSA) is 73.6 Å². The standard InChI is InChI=1S/C15H24N2O3/c1-4-12(16)10-15(18)17-13-6-5-11(2)9-14(13)20-8-7-19-3/h5-6,9,12H,4,7-8,10,16H2,1-3H3,(H,17,18). The summed E-state index contributed by atoms with van der Waals surface area (Å²) in [6.07, 6.45) is 1.08. The highest BCUT2D eigenvalue weighted by Crippen LogP contribution is 2.26. The monoisotopic (exact) mass is 280 g/mol. The van der Waals surface area contributed by atoms with Crippen LogP contribution in [0, 0.1) is 6.92 Å². The van der Waals surface area contributed by atoms with Gasteiger partial charge in [0, 0.05) is 19.6 Å². The highest BCUT2D eigenvalue weighted by atomic mass is 16.5. The number of nitrogens with two attached hydrogens (primary N) is 1. The van der Waals surface area contributed by atoms with Crippen molar-refractivity contribution in [2.24, 2.45) is 5.73 Å². The fourth-order valence-corrected chi connectivity index (χ4v) is 1.67. The Kier molecular flexibility index (Phi) is 7.04. The Labute approximate surface area is 120 Å². The summed E-state index contributed by atoms with van der Waals surface area (Å²) in [6, 6.07) is 5.55. The fourth-order valence-electron chi connectivity index (χ4n) is 1.67. The number of methoxy groups -OCH3 is 1. The number of carbonyl (C=O) groups is 1. The molecule has 1 rings (SSSR count). The largest absolute Gasteiger partial charge is 0.489 e. The molecule has 0 bridgehead atoms. The summed E-state index contributed by atoms with van der Waals surface area (Å²) in [6.45, 7) is 4.88. The Hall–Kier alpha value is -1.59. The summed E-state index contributed by atoms with van der Waals surface area (Å²) < 4.78 is 10.6. The summed E-state index contributed by atoms with van der Waals surface area (Å²) in [4.78, 5) is 11.9. The van der Waals surface area contributed by atoms with Gasteiger partial charge in [0.25, 0.3) is 0 Å². The number of amides is 1. The first-order valence-electron chi connectivity index (χ1n) is 6.84.